The number of Topliss-reactive ketones (excluding diaryl/α,β-unsaturated/α-hetero) is 2. The first-order valence-electron chi connectivity index (χ1n) is 8.38. The highest BCUT2D eigenvalue weighted by molar-refractivity contribution is 6.52. The van der Waals surface area contributed by atoms with E-state index >= 15 is 0 Å². The van der Waals surface area contributed by atoms with Crippen LogP contribution in [-0.4, -0.2) is 56.2 Å². The normalized spacial score (nSPS) is 16.8. The van der Waals surface area contributed by atoms with E-state index in [1.165, 1.54) is 9.58 Å². The number of likely N-dealkylation sites (tertiary alicyclic amines) is 1. The van der Waals surface area contributed by atoms with Crippen molar-refractivity contribution >= 4 is 17.7 Å². The summed E-state index contributed by atoms with van der Waals surface area (Å²) in [6, 6.07) is 6.67. The quantitative estimate of drug-likeness (QED) is 0.728. The van der Waals surface area contributed by atoms with E-state index in [4.69, 9.17) is 4.74 Å². The van der Waals surface area contributed by atoms with E-state index in [2.05, 4.69) is 10.3 Å². The number of ether oxygens (including phenoxy) is 1. The molecule has 0 saturated carbocycles. The van der Waals surface area contributed by atoms with Crippen molar-refractivity contribution in [3.63, 3.8) is 0 Å². The highest BCUT2D eigenvalue weighted by Crippen LogP contribution is 2.34. The van der Waals surface area contributed by atoms with Crippen molar-refractivity contribution in [1.29, 1.82) is 0 Å². The molecule has 1 saturated heterocycles. The van der Waals surface area contributed by atoms with Gasteiger partial charge in [0.2, 0.25) is 5.78 Å². The maximum Gasteiger partial charge on any atom is 0.410 e. The molecule has 2 aromatic rings. The molecule has 0 spiro atoms. The second kappa shape index (κ2) is 5.48. The van der Waals surface area contributed by atoms with Crippen LogP contribution in [0.15, 0.2) is 24.3 Å². The van der Waals surface area contributed by atoms with Crippen LogP contribution < -0.4 is 0 Å². The van der Waals surface area contributed by atoms with Crippen molar-refractivity contribution in [2.45, 2.75) is 32.4 Å². The van der Waals surface area contributed by atoms with Crippen molar-refractivity contribution in [3.8, 4) is 11.3 Å². The number of rotatable bonds is 1. The van der Waals surface area contributed by atoms with Crippen LogP contribution in [0.5, 0.6) is 0 Å². The summed E-state index contributed by atoms with van der Waals surface area (Å²) in [7, 11) is 0. The van der Waals surface area contributed by atoms with Gasteiger partial charge in [0.05, 0.1) is 6.04 Å². The Bertz CT molecular complexity index is 935. The Labute approximate surface area is 149 Å². The third-order valence-corrected chi connectivity index (χ3v) is 4.40. The molecule has 1 amide bonds. The maximum absolute atomic E-state index is 12.6. The van der Waals surface area contributed by atoms with Gasteiger partial charge >= 0.3 is 6.09 Å². The average molecular weight is 354 g/mol. The first kappa shape index (κ1) is 16.4. The number of amides is 1. The largest absolute Gasteiger partial charge is 0.444 e. The molecule has 0 unspecified atom stereocenters. The average Bonchev–Trinajstić information content (AvgIpc) is 2.94. The third kappa shape index (κ3) is 2.49. The predicted octanol–water partition coefficient (Wildman–Crippen LogP) is 2.12. The molecule has 1 aromatic heterocycles. The van der Waals surface area contributed by atoms with Crippen LogP contribution in [0.4, 0.5) is 4.79 Å². The molecule has 0 atom stereocenters. The summed E-state index contributed by atoms with van der Waals surface area (Å²) in [4.78, 5) is 38.5. The molecule has 4 rings (SSSR count). The minimum atomic E-state index is -0.612. The van der Waals surface area contributed by atoms with Crippen LogP contribution >= 0.6 is 0 Å². The van der Waals surface area contributed by atoms with Crippen molar-refractivity contribution in [3.05, 3.63) is 35.5 Å². The fourth-order valence-electron chi connectivity index (χ4n) is 3.15. The van der Waals surface area contributed by atoms with Gasteiger partial charge < -0.3 is 9.64 Å². The fourth-order valence-corrected chi connectivity index (χ4v) is 3.15. The molecule has 134 valence electrons. The minimum Gasteiger partial charge on any atom is -0.444 e. The summed E-state index contributed by atoms with van der Waals surface area (Å²) in [5.74, 6) is -1.17. The number of benzene rings is 1. The van der Waals surface area contributed by atoms with E-state index in [0.29, 0.717) is 29.9 Å². The molecule has 8 nitrogen and oxygen atoms in total. The second-order valence-corrected chi connectivity index (χ2v) is 7.47. The third-order valence-electron chi connectivity index (χ3n) is 4.40. The van der Waals surface area contributed by atoms with Crippen LogP contribution in [0, 0.1) is 0 Å². The lowest BCUT2D eigenvalue weighted by Crippen LogP contribution is -2.53. The van der Waals surface area contributed by atoms with Gasteiger partial charge in [0, 0.05) is 24.2 Å². The second-order valence-electron chi connectivity index (χ2n) is 7.47. The molecule has 1 aromatic carbocycles. The highest BCUT2D eigenvalue weighted by Gasteiger charge is 2.41. The van der Waals surface area contributed by atoms with Crippen LogP contribution in [0.25, 0.3) is 11.3 Å². The molecule has 1 aliphatic heterocycles. The molecule has 0 bridgehead atoms. The van der Waals surface area contributed by atoms with Crippen molar-refractivity contribution in [1.82, 2.24) is 19.9 Å². The van der Waals surface area contributed by atoms with E-state index in [-0.39, 0.29) is 11.7 Å². The zero-order valence-electron chi connectivity index (χ0n) is 14.7. The smallest absolute Gasteiger partial charge is 0.410 e. The van der Waals surface area contributed by atoms with Crippen LogP contribution in [0.2, 0.25) is 0 Å². The number of carbonyl (C=O) groups excluding carboxylic acids is 3. The number of hydrogen-bond acceptors (Lipinski definition) is 6. The van der Waals surface area contributed by atoms with E-state index < -0.39 is 23.3 Å². The van der Waals surface area contributed by atoms with Gasteiger partial charge in [-0.05, 0) is 20.8 Å². The Kier molecular flexibility index (Phi) is 3.47. The summed E-state index contributed by atoms with van der Waals surface area (Å²) in [6.07, 6.45) is -0.407. The number of carbonyl (C=O) groups is 3. The summed E-state index contributed by atoms with van der Waals surface area (Å²) in [6.45, 7) is 6.12. The van der Waals surface area contributed by atoms with Crippen molar-refractivity contribution < 1.29 is 19.1 Å². The van der Waals surface area contributed by atoms with Crippen LogP contribution in [0.1, 0.15) is 47.7 Å². The fraction of sp³-hybridized carbons (Fsp3) is 0.389. The summed E-state index contributed by atoms with van der Waals surface area (Å²) >= 11 is 0. The Morgan fingerprint density at radius 2 is 1.77 bits per heavy atom. The molecule has 0 N–H and O–H groups in total. The zero-order chi connectivity index (χ0) is 18.6. The Morgan fingerprint density at radius 1 is 1.12 bits per heavy atom. The van der Waals surface area contributed by atoms with Crippen LogP contribution in [0.3, 0.4) is 0 Å². The first-order valence-corrected chi connectivity index (χ1v) is 8.38. The van der Waals surface area contributed by atoms with Crippen LogP contribution in [-0.2, 0) is 4.74 Å². The van der Waals surface area contributed by atoms with Crippen molar-refractivity contribution in [2.75, 3.05) is 13.1 Å². The van der Waals surface area contributed by atoms with Gasteiger partial charge in [-0.1, -0.05) is 29.5 Å². The number of nitrogens with zero attached hydrogens (tertiary/aromatic N) is 4. The maximum atomic E-state index is 12.6. The van der Waals surface area contributed by atoms with E-state index in [0.717, 1.165) is 0 Å². The minimum absolute atomic E-state index is 0.197. The SMILES string of the molecule is CC(C)(C)OC(=O)N1CC(n2nnc3c2C(=O)C(=O)c2ccccc2-3)C1. The lowest BCUT2D eigenvalue weighted by Gasteiger charge is -2.39. The molecule has 8 heteroatoms. The number of fused-ring (bicyclic) bond motifs is 3. The van der Waals surface area contributed by atoms with Gasteiger partial charge in [-0.2, -0.15) is 0 Å². The number of aromatic nitrogens is 3. The number of ketones is 2. The van der Waals surface area contributed by atoms with E-state index in [1.54, 1.807) is 45.0 Å². The topological polar surface area (TPSA) is 94.4 Å². The van der Waals surface area contributed by atoms with Crippen molar-refractivity contribution in [2.24, 2.45) is 0 Å². The lowest BCUT2D eigenvalue weighted by molar-refractivity contribution is -0.000859. The monoisotopic (exact) mass is 354 g/mol. The van der Waals surface area contributed by atoms with E-state index in [1.807, 2.05) is 0 Å². The van der Waals surface area contributed by atoms with Gasteiger partial charge in [0.1, 0.15) is 17.0 Å². The summed E-state index contributed by atoms with van der Waals surface area (Å²) in [5.41, 5.74) is 1.01. The van der Waals surface area contributed by atoms with Gasteiger partial charge in [-0.3, -0.25) is 9.59 Å². The molecule has 26 heavy (non-hydrogen) atoms. The van der Waals surface area contributed by atoms with Gasteiger partial charge in [0.15, 0.2) is 0 Å². The molecule has 2 heterocycles. The molecule has 0 radical (unpaired) electrons. The zero-order valence-corrected chi connectivity index (χ0v) is 14.7. The molecule has 2 aliphatic rings. The predicted molar refractivity (Wildman–Crippen MR) is 91.0 cm³/mol. The van der Waals surface area contributed by atoms with Gasteiger partial charge in [-0.15, -0.1) is 5.10 Å². The lowest BCUT2D eigenvalue weighted by atomic mass is 9.90. The molecular formula is C18H18N4O4. The Hall–Kier alpha value is -3.03. The van der Waals surface area contributed by atoms with E-state index in [9.17, 15) is 14.4 Å². The van der Waals surface area contributed by atoms with Gasteiger partial charge in [-0.25, -0.2) is 9.48 Å². The molecular weight excluding hydrogens is 336 g/mol. The molecule has 1 aliphatic carbocycles. The summed E-state index contributed by atoms with van der Waals surface area (Å²) < 4.78 is 6.79. The standard InChI is InChI=1S/C18H18N4O4/c1-18(2,3)26-17(25)21-8-10(9-21)22-14-13(19-20-22)11-6-4-5-7-12(11)15(23)16(14)24/h4-7,10H,8-9H2,1-3H3. The number of hydrogen-bond donors (Lipinski definition) is 0. The van der Waals surface area contributed by atoms with Gasteiger partial charge in [0.25, 0.3) is 5.78 Å². The summed E-state index contributed by atoms with van der Waals surface area (Å²) in [5, 5.41) is 8.21. The Balaban J connectivity index is 1.59. The molecule has 1 fully saturated rings. The Morgan fingerprint density at radius 3 is 2.42 bits per heavy atom. The highest BCUT2D eigenvalue weighted by atomic mass is 16.6. The first-order chi connectivity index (χ1) is 12.3.